The van der Waals surface area contributed by atoms with Crippen LogP contribution in [0.3, 0.4) is 0 Å². The van der Waals surface area contributed by atoms with Crippen molar-refractivity contribution in [3.05, 3.63) is 0 Å². The standard InChI is InChI=1S/C14H26N2O2/c1-2-10-4-3-5-11(8-10)16-14(17)13-7-6-12(9-15)18-13/h10-13H,2-9,15H2,1H3,(H,16,17)/t10?,11?,12-,13+/m1/s1. The summed E-state index contributed by atoms with van der Waals surface area (Å²) < 4.78 is 5.63. The summed E-state index contributed by atoms with van der Waals surface area (Å²) in [7, 11) is 0. The van der Waals surface area contributed by atoms with Gasteiger partial charge in [0.1, 0.15) is 6.10 Å². The Kier molecular flexibility index (Phi) is 5.01. The molecule has 2 rings (SSSR count). The lowest BCUT2D eigenvalue weighted by molar-refractivity contribution is -0.132. The second kappa shape index (κ2) is 6.53. The summed E-state index contributed by atoms with van der Waals surface area (Å²) in [4.78, 5) is 12.1. The van der Waals surface area contributed by atoms with E-state index in [1.807, 2.05) is 0 Å². The van der Waals surface area contributed by atoms with E-state index in [0.29, 0.717) is 12.6 Å². The fourth-order valence-electron chi connectivity index (χ4n) is 3.16. The number of nitrogens with one attached hydrogen (secondary N) is 1. The molecule has 4 atom stereocenters. The maximum absolute atomic E-state index is 12.1. The van der Waals surface area contributed by atoms with Crippen LogP contribution in [0.1, 0.15) is 51.9 Å². The van der Waals surface area contributed by atoms with Gasteiger partial charge in [-0.2, -0.15) is 0 Å². The highest BCUT2D eigenvalue weighted by atomic mass is 16.5. The van der Waals surface area contributed by atoms with Crippen molar-refractivity contribution in [2.75, 3.05) is 6.54 Å². The smallest absolute Gasteiger partial charge is 0.249 e. The molecule has 2 aliphatic rings. The highest BCUT2D eigenvalue weighted by Crippen LogP contribution is 2.27. The molecule has 4 nitrogen and oxygen atoms in total. The lowest BCUT2D eigenvalue weighted by Gasteiger charge is -2.29. The van der Waals surface area contributed by atoms with Gasteiger partial charge in [0.25, 0.3) is 0 Å². The molecule has 1 saturated heterocycles. The van der Waals surface area contributed by atoms with Gasteiger partial charge in [0.2, 0.25) is 5.91 Å². The summed E-state index contributed by atoms with van der Waals surface area (Å²) in [5.74, 6) is 0.859. The molecule has 1 amide bonds. The predicted molar refractivity (Wildman–Crippen MR) is 71.1 cm³/mol. The second-order valence-corrected chi connectivity index (χ2v) is 5.71. The first-order valence-corrected chi connectivity index (χ1v) is 7.38. The van der Waals surface area contributed by atoms with Crippen LogP contribution < -0.4 is 11.1 Å². The van der Waals surface area contributed by atoms with Crippen molar-refractivity contribution in [1.82, 2.24) is 5.32 Å². The predicted octanol–water partition coefficient (Wildman–Crippen LogP) is 1.58. The van der Waals surface area contributed by atoms with Gasteiger partial charge in [-0.25, -0.2) is 0 Å². The van der Waals surface area contributed by atoms with Crippen LogP contribution in [0.15, 0.2) is 0 Å². The van der Waals surface area contributed by atoms with Gasteiger partial charge in [-0.3, -0.25) is 4.79 Å². The van der Waals surface area contributed by atoms with Crippen molar-refractivity contribution in [1.29, 1.82) is 0 Å². The number of ether oxygens (including phenoxy) is 1. The van der Waals surface area contributed by atoms with Crippen LogP contribution in [0, 0.1) is 5.92 Å². The van der Waals surface area contributed by atoms with E-state index in [9.17, 15) is 4.79 Å². The van der Waals surface area contributed by atoms with Crippen molar-refractivity contribution in [3.63, 3.8) is 0 Å². The molecular formula is C14H26N2O2. The number of carbonyl (C=O) groups excluding carboxylic acids is 1. The van der Waals surface area contributed by atoms with Gasteiger partial charge in [0.15, 0.2) is 0 Å². The fourth-order valence-corrected chi connectivity index (χ4v) is 3.16. The molecule has 0 spiro atoms. The molecule has 4 heteroatoms. The Labute approximate surface area is 110 Å². The average Bonchev–Trinajstić information content (AvgIpc) is 2.88. The van der Waals surface area contributed by atoms with Gasteiger partial charge in [0.05, 0.1) is 6.10 Å². The minimum Gasteiger partial charge on any atom is -0.364 e. The number of nitrogens with two attached hydrogens (primary N) is 1. The largest absolute Gasteiger partial charge is 0.364 e. The second-order valence-electron chi connectivity index (χ2n) is 5.71. The first-order valence-electron chi connectivity index (χ1n) is 7.38. The first-order chi connectivity index (χ1) is 8.72. The molecule has 0 bridgehead atoms. The van der Waals surface area contributed by atoms with Gasteiger partial charge < -0.3 is 15.8 Å². The highest BCUT2D eigenvalue weighted by molar-refractivity contribution is 5.81. The lowest BCUT2D eigenvalue weighted by atomic mass is 9.84. The van der Waals surface area contributed by atoms with Crippen molar-refractivity contribution in [3.8, 4) is 0 Å². The van der Waals surface area contributed by atoms with Crippen LogP contribution in [-0.2, 0) is 9.53 Å². The number of amides is 1. The van der Waals surface area contributed by atoms with E-state index >= 15 is 0 Å². The summed E-state index contributed by atoms with van der Waals surface area (Å²) in [5, 5.41) is 3.16. The van der Waals surface area contributed by atoms with E-state index in [2.05, 4.69) is 12.2 Å². The molecule has 104 valence electrons. The monoisotopic (exact) mass is 254 g/mol. The maximum Gasteiger partial charge on any atom is 0.249 e. The molecule has 1 aliphatic carbocycles. The molecule has 2 unspecified atom stereocenters. The third kappa shape index (κ3) is 3.45. The third-order valence-corrected chi connectivity index (χ3v) is 4.37. The van der Waals surface area contributed by atoms with Crippen molar-refractivity contribution in [2.45, 2.75) is 70.1 Å². The van der Waals surface area contributed by atoms with Gasteiger partial charge >= 0.3 is 0 Å². The van der Waals surface area contributed by atoms with Crippen LogP contribution in [-0.4, -0.2) is 30.7 Å². The zero-order valence-corrected chi connectivity index (χ0v) is 11.4. The third-order valence-electron chi connectivity index (χ3n) is 4.37. The van der Waals surface area contributed by atoms with E-state index in [4.69, 9.17) is 10.5 Å². The lowest BCUT2D eigenvalue weighted by Crippen LogP contribution is -2.43. The average molecular weight is 254 g/mol. The van der Waals surface area contributed by atoms with Crippen LogP contribution in [0.2, 0.25) is 0 Å². The Morgan fingerprint density at radius 2 is 2.17 bits per heavy atom. The molecule has 0 aromatic rings. The fraction of sp³-hybridized carbons (Fsp3) is 0.929. The van der Waals surface area contributed by atoms with E-state index < -0.39 is 0 Å². The van der Waals surface area contributed by atoms with E-state index in [1.165, 1.54) is 19.3 Å². The Hall–Kier alpha value is -0.610. The van der Waals surface area contributed by atoms with E-state index in [0.717, 1.165) is 31.6 Å². The minimum atomic E-state index is -0.263. The topological polar surface area (TPSA) is 64.4 Å². The quantitative estimate of drug-likeness (QED) is 0.800. The van der Waals surface area contributed by atoms with Crippen LogP contribution in [0.5, 0.6) is 0 Å². The minimum absolute atomic E-state index is 0.0766. The van der Waals surface area contributed by atoms with Gasteiger partial charge in [-0.1, -0.05) is 26.2 Å². The first kappa shape index (κ1) is 13.8. The number of hydrogen-bond acceptors (Lipinski definition) is 3. The molecule has 18 heavy (non-hydrogen) atoms. The molecular weight excluding hydrogens is 228 g/mol. The zero-order chi connectivity index (χ0) is 13.0. The van der Waals surface area contributed by atoms with Crippen LogP contribution >= 0.6 is 0 Å². The summed E-state index contributed by atoms with van der Waals surface area (Å²) in [6.07, 6.45) is 7.58. The Bertz CT molecular complexity index is 283. The molecule has 3 N–H and O–H groups in total. The molecule has 0 aromatic heterocycles. The van der Waals surface area contributed by atoms with Crippen molar-refractivity contribution >= 4 is 5.91 Å². The zero-order valence-electron chi connectivity index (χ0n) is 11.4. The maximum atomic E-state index is 12.1. The van der Waals surface area contributed by atoms with Gasteiger partial charge in [-0.05, 0) is 31.6 Å². The molecule has 1 saturated carbocycles. The van der Waals surface area contributed by atoms with Crippen LogP contribution in [0.4, 0.5) is 0 Å². The number of hydrogen-bond donors (Lipinski definition) is 2. The highest BCUT2D eigenvalue weighted by Gasteiger charge is 2.31. The summed E-state index contributed by atoms with van der Waals surface area (Å²) in [6, 6.07) is 0.358. The molecule has 1 heterocycles. The van der Waals surface area contributed by atoms with E-state index in [1.54, 1.807) is 0 Å². The summed E-state index contributed by atoms with van der Waals surface area (Å²) in [6.45, 7) is 2.76. The van der Waals surface area contributed by atoms with Crippen molar-refractivity contribution in [2.24, 2.45) is 11.7 Å². The SMILES string of the molecule is CCC1CCCC(NC(=O)[C@@H]2CC[C@H](CN)O2)C1. The Morgan fingerprint density at radius 3 is 2.83 bits per heavy atom. The van der Waals surface area contributed by atoms with Crippen molar-refractivity contribution < 1.29 is 9.53 Å². The van der Waals surface area contributed by atoms with Gasteiger partial charge in [0, 0.05) is 12.6 Å². The Balaban J connectivity index is 1.77. The normalized spacial score (nSPS) is 36.6. The van der Waals surface area contributed by atoms with Crippen LogP contribution in [0.25, 0.3) is 0 Å². The molecule has 0 radical (unpaired) electrons. The molecule has 2 fully saturated rings. The van der Waals surface area contributed by atoms with Gasteiger partial charge in [-0.15, -0.1) is 0 Å². The summed E-state index contributed by atoms with van der Waals surface area (Å²) in [5.41, 5.74) is 5.56. The molecule has 0 aromatic carbocycles. The number of carbonyl (C=O) groups is 1. The Morgan fingerprint density at radius 1 is 1.33 bits per heavy atom. The number of rotatable bonds is 4. The summed E-state index contributed by atoms with van der Waals surface area (Å²) >= 11 is 0. The van der Waals surface area contributed by atoms with E-state index in [-0.39, 0.29) is 18.1 Å². The molecule has 1 aliphatic heterocycles.